The number of aromatic nitrogens is 2. The third kappa shape index (κ3) is 3.59. The van der Waals surface area contributed by atoms with Crippen LogP contribution in [0.3, 0.4) is 0 Å². The summed E-state index contributed by atoms with van der Waals surface area (Å²) >= 11 is 1.34. The van der Waals surface area contributed by atoms with Crippen molar-refractivity contribution in [3.63, 3.8) is 0 Å². The minimum Gasteiger partial charge on any atom is -0.301 e. The molecule has 1 aromatic carbocycles. The third-order valence-corrected chi connectivity index (χ3v) is 3.08. The second-order valence-electron chi connectivity index (χ2n) is 3.80. The lowest BCUT2D eigenvalue weighted by atomic mass is 10.1. The molecule has 1 N–H and O–H groups in total. The Morgan fingerprint density at radius 2 is 2.06 bits per heavy atom. The van der Waals surface area contributed by atoms with E-state index in [-0.39, 0.29) is 11.7 Å². The van der Waals surface area contributed by atoms with Crippen molar-refractivity contribution in [3.05, 3.63) is 40.7 Å². The maximum atomic E-state index is 12.7. The third-order valence-electron chi connectivity index (χ3n) is 2.33. The Morgan fingerprint density at radius 1 is 1.33 bits per heavy atom. The van der Waals surface area contributed by atoms with E-state index in [4.69, 9.17) is 0 Å². The first kappa shape index (κ1) is 12.6. The fourth-order valence-electron chi connectivity index (χ4n) is 1.44. The minimum absolute atomic E-state index is 0.115. The molecule has 2 rings (SSSR count). The SMILES string of the molecule is Cc1nnc(NC(=O)CCc2ccc(F)cc2)s1. The number of aryl methyl sites for hydroxylation is 2. The quantitative estimate of drug-likeness (QED) is 0.924. The first-order chi connectivity index (χ1) is 8.63. The highest BCUT2D eigenvalue weighted by atomic mass is 32.1. The molecule has 1 aromatic heterocycles. The first-order valence-electron chi connectivity index (χ1n) is 5.48. The molecule has 0 atom stereocenters. The molecule has 1 heterocycles. The summed E-state index contributed by atoms with van der Waals surface area (Å²) in [4.78, 5) is 11.6. The van der Waals surface area contributed by atoms with Gasteiger partial charge in [0.15, 0.2) is 0 Å². The Kier molecular flexibility index (Phi) is 3.99. The number of hydrogen-bond donors (Lipinski definition) is 1. The zero-order valence-corrected chi connectivity index (χ0v) is 10.6. The molecule has 2 aromatic rings. The van der Waals surface area contributed by atoms with Gasteiger partial charge in [-0.1, -0.05) is 23.5 Å². The van der Waals surface area contributed by atoms with Crippen LogP contribution in [-0.2, 0) is 11.2 Å². The molecule has 6 heteroatoms. The topological polar surface area (TPSA) is 54.9 Å². The van der Waals surface area contributed by atoms with Crippen LogP contribution in [0.2, 0.25) is 0 Å². The van der Waals surface area contributed by atoms with Gasteiger partial charge in [-0.15, -0.1) is 10.2 Å². The van der Waals surface area contributed by atoms with Gasteiger partial charge in [0.2, 0.25) is 11.0 Å². The van der Waals surface area contributed by atoms with E-state index in [2.05, 4.69) is 15.5 Å². The molecule has 0 bridgehead atoms. The van der Waals surface area contributed by atoms with Crippen molar-refractivity contribution >= 4 is 22.4 Å². The van der Waals surface area contributed by atoms with Crippen LogP contribution in [0.1, 0.15) is 17.0 Å². The highest BCUT2D eigenvalue weighted by Gasteiger charge is 2.06. The Balaban J connectivity index is 1.83. The summed E-state index contributed by atoms with van der Waals surface area (Å²) in [6, 6.07) is 6.14. The van der Waals surface area contributed by atoms with Gasteiger partial charge in [0.1, 0.15) is 10.8 Å². The lowest BCUT2D eigenvalue weighted by Gasteiger charge is -2.01. The summed E-state index contributed by atoms with van der Waals surface area (Å²) in [5, 5.41) is 11.6. The largest absolute Gasteiger partial charge is 0.301 e. The molecule has 0 radical (unpaired) electrons. The van der Waals surface area contributed by atoms with Gasteiger partial charge in [-0.3, -0.25) is 4.79 Å². The van der Waals surface area contributed by atoms with Crippen molar-refractivity contribution in [3.8, 4) is 0 Å². The molecule has 0 saturated carbocycles. The van der Waals surface area contributed by atoms with Gasteiger partial charge in [0.25, 0.3) is 0 Å². The Labute approximate surface area is 108 Å². The molecule has 18 heavy (non-hydrogen) atoms. The van der Waals surface area contributed by atoms with Gasteiger partial charge in [-0.25, -0.2) is 4.39 Å². The van der Waals surface area contributed by atoms with Crippen molar-refractivity contribution in [2.45, 2.75) is 19.8 Å². The van der Waals surface area contributed by atoms with Gasteiger partial charge in [-0.05, 0) is 31.0 Å². The van der Waals surface area contributed by atoms with Crippen molar-refractivity contribution in [1.82, 2.24) is 10.2 Å². The average molecular weight is 265 g/mol. The molecule has 0 unspecified atom stereocenters. The highest BCUT2D eigenvalue weighted by Crippen LogP contribution is 2.14. The van der Waals surface area contributed by atoms with Gasteiger partial charge in [0.05, 0.1) is 0 Å². The molecule has 0 aliphatic rings. The zero-order chi connectivity index (χ0) is 13.0. The number of nitrogens with one attached hydrogen (secondary N) is 1. The fourth-order valence-corrected chi connectivity index (χ4v) is 2.05. The Bertz CT molecular complexity index is 539. The predicted molar refractivity (Wildman–Crippen MR) is 68.0 cm³/mol. The van der Waals surface area contributed by atoms with Crippen molar-refractivity contribution < 1.29 is 9.18 Å². The summed E-state index contributed by atoms with van der Waals surface area (Å²) in [5.41, 5.74) is 0.931. The van der Waals surface area contributed by atoms with E-state index in [0.29, 0.717) is 18.0 Å². The van der Waals surface area contributed by atoms with E-state index < -0.39 is 0 Å². The normalized spacial score (nSPS) is 10.3. The Hall–Kier alpha value is -1.82. The van der Waals surface area contributed by atoms with Crippen molar-refractivity contribution in [2.24, 2.45) is 0 Å². The monoisotopic (exact) mass is 265 g/mol. The van der Waals surface area contributed by atoms with Crippen LogP contribution in [0.15, 0.2) is 24.3 Å². The van der Waals surface area contributed by atoms with E-state index in [9.17, 15) is 9.18 Å². The standard InChI is InChI=1S/C12H12FN3OS/c1-8-15-16-12(18-8)14-11(17)7-4-9-2-5-10(13)6-3-9/h2-3,5-6H,4,7H2,1H3,(H,14,16,17). The highest BCUT2D eigenvalue weighted by molar-refractivity contribution is 7.15. The first-order valence-corrected chi connectivity index (χ1v) is 6.29. The van der Waals surface area contributed by atoms with Crippen LogP contribution in [0.25, 0.3) is 0 Å². The maximum absolute atomic E-state index is 12.7. The number of anilines is 1. The van der Waals surface area contributed by atoms with Crippen LogP contribution in [0.5, 0.6) is 0 Å². The van der Waals surface area contributed by atoms with E-state index in [1.807, 2.05) is 6.92 Å². The molecule has 0 aliphatic carbocycles. The number of benzene rings is 1. The van der Waals surface area contributed by atoms with Crippen LogP contribution in [0.4, 0.5) is 9.52 Å². The maximum Gasteiger partial charge on any atom is 0.226 e. The zero-order valence-electron chi connectivity index (χ0n) is 9.81. The van der Waals surface area contributed by atoms with Crippen LogP contribution in [-0.4, -0.2) is 16.1 Å². The number of amides is 1. The van der Waals surface area contributed by atoms with Gasteiger partial charge < -0.3 is 5.32 Å². The molecule has 0 fully saturated rings. The number of carbonyl (C=O) groups is 1. The lowest BCUT2D eigenvalue weighted by molar-refractivity contribution is -0.116. The van der Waals surface area contributed by atoms with Crippen LogP contribution >= 0.6 is 11.3 Å². The van der Waals surface area contributed by atoms with Gasteiger partial charge in [-0.2, -0.15) is 0 Å². The number of carbonyl (C=O) groups excluding carboxylic acids is 1. The second-order valence-corrected chi connectivity index (χ2v) is 4.98. The average Bonchev–Trinajstić information content (AvgIpc) is 2.74. The molecule has 4 nitrogen and oxygen atoms in total. The fraction of sp³-hybridized carbons (Fsp3) is 0.250. The van der Waals surface area contributed by atoms with Crippen LogP contribution < -0.4 is 5.32 Å². The smallest absolute Gasteiger partial charge is 0.226 e. The van der Waals surface area contributed by atoms with Gasteiger partial charge in [0, 0.05) is 6.42 Å². The number of rotatable bonds is 4. The summed E-state index contributed by atoms with van der Waals surface area (Å²) in [6.07, 6.45) is 0.911. The molecule has 0 spiro atoms. The molecular weight excluding hydrogens is 253 g/mol. The molecule has 94 valence electrons. The number of nitrogens with zero attached hydrogens (tertiary/aromatic N) is 2. The minimum atomic E-state index is -0.271. The van der Waals surface area contributed by atoms with E-state index in [1.165, 1.54) is 23.5 Å². The Morgan fingerprint density at radius 3 is 2.67 bits per heavy atom. The summed E-state index contributed by atoms with van der Waals surface area (Å²) in [6.45, 7) is 1.83. The molecule has 0 aliphatic heterocycles. The summed E-state index contributed by atoms with van der Waals surface area (Å²) < 4.78 is 12.7. The number of halogens is 1. The summed E-state index contributed by atoms with van der Waals surface area (Å²) in [5.74, 6) is -0.386. The van der Waals surface area contributed by atoms with E-state index >= 15 is 0 Å². The molecule has 1 amide bonds. The summed E-state index contributed by atoms with van der Waals surface area (Å²) in [7, 11) is 0. The van der Waals surface area contributed by atoms with E-state index in [0.717, 1.165) is 10.6 Å². The van der Waals surface area contributed by atoms with Crippen molar-refractivity contribution in [1.29, 1.82) is 0 Å². The van der Waals surface area contributed by atoms with Gasteiger partial charge >= 0.3 is 0 Å². The predicted octanol–water partition coefficient (Wildman–Crippen LogP) is 2.56. The molecular formula is C12H12FN3OS. The molecule has 0 saturated heterocycles. The van der Waals surface area contributed by atoms with E-state index in [1.54, 1.807) is 12.1 Å². The lowest BCUT2D eigenvalue weighted by Crippen LogP contribution is -2.12. The number of hydrogen-bond acceptors (Lipinski definition) is 4. The van der Waals surface area contributed by atoms with Crippen LogP contribution in [0, 0.1) is 12.7 Å². The van der Waals surface area contributed by atoms with Crippen molar-refractivity contribution in [2.75, 3.05) is 5.32 Å². The second kappa shape index (κ2) is 5.68.